The molecule has 0 heterocycles. The van der Waals surface area contributed by atoms with E-state index in [1.165, 1.54) is 6.92 Å². The van der Waals surface area contributed by atoms with Gasteiger partial charge in [-0.15, -0.1) is 0 Å². The molecule has 10 heteroatoms. The Hall–Kier alpha value is -0.230. The minimum absolute atomic E-state index is 0.351. The van der Waals surface area contributed by atoms with Crippen molar-refractivity contribution in [2.45, 2.75) is 44.6 Å². The topological polar surface area (TPSA) is 141 Å². The lowest BCUT2D eigenvalue weighted by Crippen LogP contribution is -2.35. The van der Waals surface area contributed by atoms with Crippen LogP contribution in [0.3, 0.4) is 0 Å². The molecular weight excluding hydrogens is 286 g/mol. The van der Waals surface area contributed by atoms with Gasteiger partial charge in [0.1, 0.15) is 5.60 Å². The molecule has 8 nitrogen and oxygen atoms in total. The Balaban J connectivity index is 5.27. The first kappa shape index (κ1) is 17.8. The summed E-state index contributed by atoms with van der Waals surface area (Å²) < 4.78 is 26.8. The average molecular weight is 304 g/mol. The van der Waals surface area contributed by atoms with Crippen LogP contribution < -0.4 is 0 Å². The lowest BCUT2D eigenvalue weighted by atomic mass is 10.0. The van der Waals surface area contributed by atoms with E-state index in [9.17, 15) is 13.9 Å². The lowest BCUT2D eigenvalue weighted by molar-refractivity contribution is -0.157. The van der Waals surface area contributed by atoms with Crippen molar-refractivity contribution in [3.05, 3.63) is 0 Å². The van der Waals surface area contributed by atoms with Crippen molar-refractivity contribution in [3.63, 3.8) is 0 Å². The standard InChI is InChI=1S/C8H18O8P2/c1-4-8(3,5-2)16-6(9)7(17(10,11)12)18(13,14)15/h7H,4-5H2,1-3H3,(H2,10,11,12)(H2,13,14,15). The first-order valence-electron chi connectivity index (χ1n) is 5.20. The minimum Gasteiger partial charge on any atom is -0.458 e. The Labute approximate surface area is 105 Å². The van der Waals surface area contributed by atoms with Crippen molar-refractivity contribution < 1.29 is 38.2 Å². The fourth-order valence-corrected chi connectivity index (χ4v) is 3.38. The molecule has 0 aromatic heterocycles. The van der Waals surface area contributed by atoms with E-state index < -0.39 is 32.2 Å². The summed E-state index contributed by atoms with van der Waals surface area (Å²) in [6.07, 6.45) is 0.703. The molecule has 0 aliphatic rings. The van der Waals surface area contributed by atoms with E-state index >= 15 is 0 Å². The van der Waals surface area contributed by atoms with Gasteiger partial charge in [-0.1, -0.05) is 13.8 Å². The Kier molecular flexibility index (Phi) is 5.75. The van der Waals surface area contributed by atoms with E-state index in [2.05, 4.69) is 0 Å². The second-order valence-electron chi connectivity index (χ2n) is 4.13. The highest BCUT2D eigenvalue weighted by Crippen LogP contribution is 2.60. The molecule has 0 radical (unpaired) electrons. The molecule has 0 rings (SSSR count). The Morgan fingerprint density at radius 1 is 1.11 bits per heavy atom. The highest BCUT2D eigenvalue weighted by Gasteiger charge is 2.51. The number of carbonyl (C=O) groups excluding carboxylic acids is 1. The van der Waals surface area contributed by atoms with Gasteiger partial charge in [-0.3, -0.25) is 13.9 Å². The fraction of sp³-hybridized carbons (Fsp3) is 0.875. The molecule has 0 aliphatic heterocycles. The molecule has 0 spiro atoms. The highest BCUT2D eigenvalue weighted by molar-refractivity contribution is 7.72. The van der Waals surface area contributed by atoms with Crippen molar-refractivity contribution in [1.82, 2.24) is 0 Å². The third kappa shape index (κ3) is 4.80. The normalized spacial score (nSPS) is 13.8. The van der Waals surface area contributed by atoms with E-state index in [0.717, 1.165) is 0 Å². The second-order valence-corrected chi connectivity index (χ2v) is 7.93. The summed E-state index contributed by atoms with van der Waals surface area (Å²) in [5, 5.41) is -2.76. The van der Waals surface area contributed by atoms with E-state index in [4.69, 9.17) is 24.3 Å². The number of carbonyl (C=O) groups is 1. The molecule has 0 aliphatic carbocycles. The van der Waals surface area contributed by atoms with Crippen molar-refractivity contribution in [2.24, 2.45) is 0 Å². The molecule has 0 amide bonds. The lowest BCUT2D eigenvalue weighted by Gasteiger charge is -2.29. The van der Waals surface area contributed by atoms with E-state index in [0.29, 0.717) is 12.8 Å². The van der Waals surface area contributed by atoms with Gasteiger partial charge in [0.2, 0.25) is 0 Å². The zero-order valence-electron chi connectivity index (χ0n) is 10.3. The monoisotopic (exact) mass is 304 g/mol. The van der Waals surface area contributed by atoms with Gasteiger partial charge in [-0.25, -0.2) is 0 Å². The van der Waals surface area contributed by atoms with Crippen molar-refractivity contribution >= 4 is 21.2 Å². The van der Waals surface area contributed by atoms with Gasteiger partial charge in [0.15, 0.2) is 0 Å². The molecule has 0 bridgehead atoms. The largest absolute Gasteiger partial charge is 0.458 e. The van der Waals surface area contributed by atoms with Crippen LogP contribution in [0.4, 0.5) is 0 Å². The molecule has 0 aromatic rings. The first-order valence-corrected chi connectivity index (χ1v) is 8.57. The Bertz CT molecular complexity index is 368. The summed E-state index contributed by atoms with van der Waals surface area (Å²) in [6.45, 7) is 4.88. The van der Waals surface area contributed by atoms with Crippen molar-refractivity contribution in [1.29, 1.82) is 0 Å². The smallest absolute Gasteiger partial charge is 0.352 e. The maximum Gasteiger partial charge on any atom is 0.352 e. The molecule has 108 valence electrons. The number of esters is 1. The SMILES string of the molecule is CCC(C)(CC)OC(=O)C(P(=O)(O)O)P(=O)(O)O. The highest BCUT2D eigenvalue weighted by atomic mass is 31.2. The summed E-state index contributed by atoms with van der Waals surface area (Å²) in [6, 6.07) is 0. The summed E-state index contributed by atoms with van der Waals surface area (Å²) in [5.74, 6) is -1.58. The van der Waals surface area contributed by atoms with Crippen LogP contribution in [0.15, 0.2) is 0 Å². The van der Waals surface area contributed by atoms with Crippen LogP contribution in [-0.4, -0.2) is 36.5 Å². The van der Waals surface area contributed by atoms with E-state index in [-0.39, 0.29) is 0 Å². The fourth-order valence-electron chi connectivity index (χ4n) is 1.16. The molecule has 0 fully saturated rings. The van der Waals surface area contributed by atoms with Gasteiger partial charge >= 0.3 is 21.2 Å². The van der Waals surface area contributed by atoms with Crippen LogP contribution in [0, 0.1) is 0 Å². The van der Waals surface area contributed by atoms with Gasteiger partial charge in [0, 0.05) is 0 Å². The predicted molar refractivity (Wildman–Crippen MR) is 63.0 cm³/mol. The van der Waals surface area contributed by atoms with Crippen molar-refractivity contribution in [3.8, 4) is 0 Å². The average Bonchev–Trinajstić information content (AvgIpc) is 2.12. The van der Waals surface area contributed by atoms with E-state index in [1.807, 2.05) is 0 Å². The third-order valence-electron chi connectivity index (χ3n) is 2.69. The maximum absolute atomic E-state index is 11.6. The van der Waals surface area contributed by atoms with Gasteiger partial charge in [-0.2, -0.15) is 0 Å². The molecule has 0 unspecified atom stereocenters. The molecule has 0 aromatic carbocycles. The summed E-state index contributed by atoms with van der Waals surface area (Å²) in [5.41, 5.74) is -1.01. The maximum atomic E-state index is 11.6. The van der Waals surface area contributed by atoms with Crippen LogP contribution in [0.25, 0.3) is 0 Å². The zero-order valence-corrected chi connectivity index (χ0v) is 12.1. The van der Waals surface area contributed by atoms with Gasteiger partial charge in [0.25, 0.3) is 5.40 Å². The number of hydrogen-bond acceptors (Lipinski definition) is 4. The Morgan fingerprint density at radius 2 is 1.44 bits per heavy atom. The molecule has 4 N–H and O–H groups in total. The molecule has 0 saturated carbocycles. The number of rotatable bonds is 6. The quantitative estimate of drug-likeness (QED) is 0.417. The Morgan fingerprint density at radius 3 is 1.67 bits per heavy atom. The van der Waals surface area contributed by atoms with Gasteiger partial charge in [0.05, 0.1) is 0 Å². The van der Waals surface area contributed by atoms with Crippen LogP contribution in [0.1, 0.15) is 33.6 Å². The molecule has 18 heavy (non-hydrogen) atoms. The minimum atomic E-state index is -5.30. The van der Waals surface area contributed by atoms with Crippen LogP contribution >= 0.6 is 15.2 Å². The number of ether oxygens (including phenoxy) is 1. The van der Waals surface area contributed by atoms with Gasteiger partial charge < -0.3 is 24.3 Å². The van der Waals surface area contributed by atoms with Crippen LogP contribution in [0.2, 0.25) is 0 Å². The van der Waals surface area contributed by atoms with Crippen LogP contribution in [0.5, 0.6) is 0 Å². The van der Waals surface area contributed by atoms with Crippen LogP contribution in [-0.2, 0) is 18.7 Å². The molecule has 0 atom stereocenters. The first-order chi connectivity index (χ1) is 7.87. The van der Waals surface area contributed by atoms with E-state index in [1.54, 1.807) is 13.8 Å². The summed E-state index contributed by atoms with van der Waals surface area (Å²) in [4.78, 5) is 46.9. The van der Waals surface area contributed by atoms with Gasteiger partial charge in [-0.05, 0) is 19.8 Å². The summed E-state index contributed by atoms with van der Waals surface area (Å²) in [7, 11) is -10.6. The van der Waals surface area contributed by atoms with Crippen molar-refractivity contribution in [2.75, 3.05) is 0 Å². The molecule has 0 saturated heterocycles. The number of hydrogen-bond donors (Lipinski definition) is 4. The zero-order chi connectivity index (χ0) is 14.8. The molecular formula is C8H18O8P2. The second kappa shape index (κ2) is 5.82. The predicted octanol–water partition coefficient (Wildman–Crippen LogP) is 0.790. The summed E-state index contributed by atoms with van der Waals surface area (Å²) >= 11 is 0. The third-order valence-corrected chi connectivity index (χ3v) is 6.19.